The summed E-state index contributed by atoms with van der Waals surface area (Å²) in [5, 5.41) is 10.2. The van der Waals surface area contributed by atoms with Crippen LogP contribution < -0.4 is 5.73 Å². The van der Waals surface area contributed by atoms with Gasteiger partial charge in [-0.3, -0.25) is 0 Å². The molecule has 0 saturated carbocycles. The van der Waals surface area contributed by atoms with Gasteiger partial charge in [-0.15, -0.1) is 0 Å². The lowest BCUT2D eigenvalue weighted by Gasteiger charge is -2.07. The molecule has 0 bridgehead atoms. The molecule has 4 nitrogen and oxygen atoms in total. The van der Waals surface area contributed by atoms with Crippen LogP contribution in [0.3, 0.4) is 0 Å². The van der Waals surface area contributed by atoms with E-state index in [0.29, 0.717) is 12.2 Å². The standard InChI is InChI=1S/C15H12N4/c16-9-14-12(2-1-6-18-14)10-19-7-5-11-3-4-13(17)8-15(11)19/h1-8H,10,17H2. The van der Waals surface area contributed by atoms with Crippen molar-refractivity contribution >= 4 is 16.6 Å². The Morgan fingerprint density at radius 3 is 3.00 bits per heavy atom. The average Bonchev–Trinajstić information content (AvgIpc) is 2.82. The summed E-state index contributed by atoms with van der Waals surface area (Å²) in [5.74, 6) is 0. The molecule has 0 saturated heterocycles. The molecule has 2 aromatic heterocycles. The zero-order chi connectivity index (χ0) is 13.2. The van der Waals surface area contributed by atoms with Gasteiger partial charge in [-0.05, 0) is 29.7 Å². The molecule has 2 N–H and O–H groups in total. The zero-order valence-electron chi connectivity index (χ0n) is 10.2. The Balaban J connectivity index is 2.06. The molecule has 3 aromatic rings. The Morgan fingerprint density at radius 2 is 2.16 bits per heavy atom. The second kappa shape index (κ2) is 4.46. The lowest BCUT2D eigenvalue weighted by atomic mass is 10.2. The predicted molar refractivity (Wildman–Crippen MR) is 74.4 cm³/mol. The van der Waals surface area contributed by atoms with Crippen molar-refractivity contribution in [3.05, 3.63) is 60.0 Å². The third-order valence-electron chi connectivity index (χ3n) is 3.14. The van der Waals surface area contributed by atoms with Gasteiger partial charge in [0.25, 0.3) is 0 Å². The SMILES string of the molecule is N#Cc1ncccc1Cn1ccc2ccc(N)cc21. The van der Waals surface area contributed by atoms with Crippen molar-refractivity contribution in [2.45, 2.75) is 6.54 Å². The van der Waals surface area contributed by atoms with Crippen LogP contribution in [0.25, 0.3) is 10.9 Å². The maximum Gasteiger partial charge on any atom is 0.145 e. The number of pyridine rings is 1. The smallest absolute Gasteiger partial charge is 0.145 e. The van der Waals surface area contributed by atoms with Gasteiger partial charge < -0.3 is 10.3 Å². The Labute approximate surface area is 110 Å². The topological polar surface area (TPSA) is 67.6 Å². The number of nitrogens with zero attached hydrogens (tertiary/aromatic N) is 3. The van der Waals surface area contributed by atoms with Crippen molar-refractivity contribution < 1.29 is 0 Å². The number of hydrogen-bond acceptors (Lipinski definition) is 3. The summed E-state index contributed by atoms with van der Waals surface area (Å²) in [4.78, 5) is 4.08. The van der Waals surface area contributed by atoms with Gasteiger partial charge in [0, 0.05) is 23.6 Å². The first-order chi connectivity index (χ1) is 9.28. The van der Waals surface area contributed by atoms with E-state index in [2.05, 4.69) is 15.6 Å². The molecule has 0 atom stereocenters. The van der Waals surface area contributed by atoms with Crippen LogP contribution in [-0.4, -0.2) is 9.55 Å². The highest BCUT2D eigenvalue weighted by atomic mass is 15.0. The number of nitrogen functional groups attached to an aromatic ring is 1. The van der Waals surface area contributed by atoms with Crippen LogP contribution in [0, 0.1) is 11.3 Å². The van der Waals surface area contributed by atoms with E-state index in [-0.39, 0.29) is 0 Å². The fraction of sp³-hybridized carbons (Fsp3) is 0.0667. The lowest BCUT2D eigenvalue weighted by Crippen LogP contribution is -2.01. The first kappa shape index (κ1) is 11.3. The van der Waals surface area contributed by atoms with Crippen molar-refractivity contribution in [1.82, 2.24) is 9.55 Å². The van der Waals surface area contributed by atoms with E-state index in [1.54, 1.807) is 6.20 Å². The zero-order valence-corrected chi connectivity index (χ0v) is 10.2. The van der Waals surface area contributed by atoms with Crippen LogP contribution in [0.2, 0.25) is 0 Å². The molecule has 0 amide bonds. The normalized spacial score (nSPS) is 10.5. The summed E-state index contributed by atoms with van der Waals surface area (Å²) < 4.78 is 2.07. The Bertz CT molecular complexity index is 780. The molecule has 2 heterocycles. The minimum atomic E-state index is 0.466. The molecule has 0 radical (unpaired) electrons. The Kier molecular flexibility index (Phi) is 2.66. The largest absolute Gasteiger partial charge is 0.399 e. The quantitative estimate of drug-likeness (QED) is 0.708. The molecule has 19 heavy (non-hydrogen) atoms. The van der Waals surface area contributed by atoms with Gasteiger partial charge in [0.15, 0.2) is 0 Å². The fourth-order valence-corrected chi connectivity index (χ4v) is 2.19. The van der Waals surface area contributed by atoms with E-state index in [1.807, 2.05) is 42.6 Å². The highest BCUT2D eigenvalue weighted by Gasteiger charge is 2.06. The fourth-order valence-electron chi connectivity index (χ4n) is 2.19. The number of benzene rings is 1. The number of hydrogen-bond donors (Lipinski definition) is 1. The van der Waals surface area contributed by atoms with Crippen LogP contribution in [0.1, 0.15) is 11.3 Å². The first-order valence-corrected chi connectivity index (χ1v) is 5.96. The minimum absolute atomic E-state index is 0.466. The van der Waals surface area contributed by atoms with Gasteiger partial charge in [0.2, 0.25) is 0 Å². The molecule has 0 spiro atoms. The minimum Gasteiger partial charge on any atom is -0.399 e. The second-order valence-corrected chi connectivity index (χ2v) is 4.38. The molecule has 0 aliphatic heterocycles. The van der Waals surface area contributed by atoms with E-state index >= 15 is 0 Å². The van der Waals surface area contributed by atoms with E-state index < -0.39 is 0 Å². The molecule has 0 aliphatic rings. The van der Waals surface area contributed by atoms with Crippen LogP contribution in [0.15, 0.2) is 48.8 Å². The van der Waals surface area contributed by atoms with Crippen LogP contribution in [-0.2, 0) is 6.54 Å². The molecular weight excluding hydrogens is 236 g/mol. The van der Waals surface area contributed by atoms with Gasteiger partial charge in [0.05, 0.1) is 12.1 Å². The number of rotatable bonds is 2. The van der Waals surface area contributed by atoms with E-state index in [4.69, 9.17) is 11.0 Å². The average molecular weight is 248 g/mol. The molecule has 0 unspecified atom stereocenters. The van der Waals surface area contributed by atoms with Gasteiger partial charge in [-0.25, -0.2) is 4.98 Å². The van der Waals surface area contributed by atoms with Crippen LogP contribution in [0.5, 0.6) is 0 Å². The van der Waals surface area contributed by atoms with E-state index in [1.165, 1.54) is 0 Å². The highest BCUT2D eigenvalue weighted by Crippen LogP contribution is 2.20. The van der Waals surface area contributed by atoms with Crippen molar-refractivity contribution in [3.8, 4) is 6.07 Å². The summed E-state index contributed by atoms with van der Waals surface area (Å²) in [7, 11) is 0. The first-order valence-electron chi connectivity index (χ1n) is 5.96. The van der Waals surface area contributed by atoms with E-state index in [0.717, 1.165) is 22.2 Å². The molecule has 0 aliphatic carbocycles. The molecule has 4 heteroatoms. The second-order valence-electron chi connectivity index (χ2n) is 4.38. The van der Waals surface area contributed by atoms with Gasteiger partial charge in [0.1, 0.15) is 11.8 Å². The highest BCUT2D eigenvalue weighted by molar-refractivity contribution is 5.83. The number of aromatic nitrogens is 2. The Hall–Kier alpha value is -2.80. The maximum atomic E-state index is 9.06. The molecule has 0 fully saturated rings. The van der Waals surface area contributed by atoms with Crippen molar-refractivity contribution in [2.75, 3.05) is 5.73 Å². The molecule has 1 aromatic carbocycles. The third kappa shape index (κ3) is 2.02. The molecule has 3 rings (SSSR count). The van der Waals surface area contributed by atoms with Crippen molar-refractivity contribution in [1.29, 1.82) is 5.26 Å². The number of fused-ring (bicyclic) bond motifs is 1. The summed E-state index contributed by atoms with van der Waals surface area (Å²) in [6.45, 7) is 0.615. The number of nitriles is 1. The van der Waals surface area contributed by atoms with Gasteiger partial charge in [-0.1, -0.05) is 12.1 Å². The van der Waals surface area contributed by atoms with Crippen molar-refractivity contribution in [3.63, 3.8) is 0 Å². The van der Waals surface area contributed by atoms with Gasteiger partial charge in [-0.2, -0.15) is 5.26 Å². The van der Waals surface area contributed by atoms with Crippen LogP contribution >= 0.6 is 0 Å². The molecule has 92 valence electrons. The number of anilines is 1. The lowest BCUT2D eigenvalue weighted by molar-refractivity contribution is 0.828. The third-order valence-corrected chi connectivity index (χ3v) is 3.14. The van der Waals surface area contributed by atoms with E-state index in [9.17, 15) is 0 Å². The predicted octanol–water partition coefficient (Wildman–Crippen LogP) is 2.54. The number of nitrogens with two attached hydrogens (primary N) is 1. The summed E-state index contributed by atoms with van der Waals surface area (Å²) >= 11 is 0. The van der Waals surface area contributed by atoms with Crippen molar-refractivity contribution in [2.24, 2.45) is 0 Å². The summed E-state index contributed by atoms with van der Waals surface area (Å²) in [6.07, 6.45) is 3.63. The molecular formula is C15H12N4. The summed E-state index contributed by atoms with van der Waals surface area (Å²) in [5.41, 5.74) is 8.99. The van der Waals surface area contributed by atoms with Crippen LogP contribution in [0.4, 0.5) is 5.69 Å². The summed E-state index contributed by atoms with van der Waals surface area (Å²) in [6, 6.07) is 13.7. The van der Waals surface area contributed by atoms with Gasteiger partial charge >= 0.3 is 0 Å². The maximum absolute atomic E-state index is 9.06. The Morgan fingerprint density at radius 1 is 1.26 bits per heavy atom. The monoisotopic (exact) mass is 248 g/mol.